The van der Waals surface area contributed by atoms with Gasteiger partial charge in [-0.15, -0.1) is 0 Å². The molecule has 1 aromatic rings. The molecule has 1 unspecified atom stereocenters. The number of aromatic hydroxyl groups is 1. The summed E-state index contributed by atoms with van der Waals surface area (Å²) >= 11 is 0. The Labute approximate surface area is 143 Å². The average molecular weight is 332 g/mol. The van der Waals surface area contributed by atoms with E-state index in [2.05, 4.69) is 6.92 Å². The van der Waals surface area contributed by atoms with E-state index in [4.69, 9.17) is 0 Å². The Morgan fingerprint density at radius 3 is 2.50 bits per heavy atom. The fourth-order valence-corrected chi connectivity index (χ4v) is 5.20. The summed E-state index contributed by atoms with van der Waals surface area (Å²) in [7, 11) is 0. The van der Waals surface area contributed by atoms with Crippen LogP contribution >= 0.6 is 0 Å². The van der Waals surface area contributed by atoms with E-state index < -0.39 is 16.9 Å². The Balaban J connectivity index is 2.25. The highest BCUT2D eigenvalue weighted by molar-refractivity contribution is 6.03. The molecule has 0 aliphatic heterocycles. The summed E-state index contributed by atoms with van der Waals surface area (Å²) in [6, 6.07) is 3.48. The van der Waals surface area contributed by atoms with Gasteiger partial charge in [-0.05, 0) is 52.8 Å². The molecule has 132 valence electrons. The first-order chi connectivity index (χ1) is 11.2. The van der Waals surface area contributed by atoms with Crippen LogP contribution in [0.4, 0.5) is 0 Å². The second-order valence-corrected chi connectivity index (χ2v) is 8.48. The van der Waals surface area contributed by atoms with E-state index in [1.54, 1.807) is 12.1 Å². The van der Waals surface area contributed by atoms with Gasteiger partial charge in [0.2, 0.25) is 0 Å². The number of carbonyl (C=O) groups is 1. The summed E-state index contributed by atoms with van der Waals surface area (Å²) in [5, 5.41) is 31.2. The smallest absolute Gasteiger partial charge is 0.191 e. The van der Waals surface area contributed by atoms with Crippen LogP contribution in [0.1, 0.15) is 74.4 Å². The van der Waals surface area contributed by atoms with Crippen molar-refractivity contribution in [2.45, 2.75) is 64.4 Å². The van der Waals surface area contributed by atoms with Gasteiger partial charge in [-0.3, -0.25) is 4.79 Å². The second-order valence-electron chi connectivity index (χ2n) is 8.48. The first-order valence-corrected chi connectivity index (χ1v) is 8.86. The molecule has 0 spiro atoms. The minimum Gasteiger partial charge on any atom is -0.508 e. The van der Waals surface area contributed by atoms with Gasteiger partial charge in [0.1, 0.15) is 11.9 Å². The molecule has 1 fully saturated rings. The number of ketones is 1. The molecular weight excluding hydrogens is 304 g/mol. The minimum absolute atomic E-state index is 0.0526. The summed E-state index contributed by atoms with van der Waals surface area (Å²) < 4.78 is 0. The molecule has 2 aliphatic carbocycles. The number of hydrogen-bond acceptors (Lipinski definition) is 4. The summed E-state index contributed by atoms with van der Waals surface area (Å²) in [6.07, 6.45) is 1.45. The van der Waals surface area contributed by atoms with Crippen molar-refractivity contribution in [2.75, 3.05) is 6.61 Å². The lowest BCUT2D eigenvalue weighted by Crippen LogP contribution is -2.58. The van der Waals surface area contributed by atoms with Gasteiger partial charge >= 0.3 is 0 Å². The average Bonchev–Trinajstić information content (AvgIpc) is 2.52. The third-order valence-corrected chi connectivity index (χ3v) is 6.50. The van der Waals surface area contributed by atoms with Crippen molar-refractivity contribution in [3.63, 3.8) is 0 Å². The number of aliphatic hydroxyl groups is 2. The number of carbonyl (C=O) groups excluding carboxylic acids is 1. The van der Waals surface area contributed by atoms with Gasteiger partial charge in [0.15, 0.2) is 5.78 Å². The number of hydrogen-bond donors (Lipinski definition) is 3. The SMILES string of the molecule is CC(C)c1cc2c(cc1O)[C@@]1(C)CCC[C@@](C)(CO)C1[C@@H](O)C2=O. The van der Waals surface area contributed by atoms with Gasteiger partial charge in [0.05, 0.1) is 0 Å². The fourth-order valence-electron chi connectivity index (χ4n) is 5.20. The van der Waals surface area contributed by atoms with Gasteiger partial charge in [0, 0.05) is 18.1 Å². The van der Waals surface area contributed by atoms with Gasteiger partial charge in [-0.25, -0.2) is 0 Å². The van der Waals surface area contributed by atoms with Crippen molar-refractivity contribution >= 4 is 5.78 Å². The molecule has 3 rings (SSSR count). The highest BCUT2D eigenvalue weighted by Gasteiger charge is 2.58. The Kier molecular flexibility index (Phi) is 4.04. The van der Waals surface area contributed by atoms with Crippen LogP contribution < -0.4 is 0 Å². The Morgan fingerprint density at radius 2 is 1.92 bits per heavy atom. The molecule has 0 aromatic heterocycles. The van der Waals surface area contributed by atoms with Crippen LogP contribution in [0.2, 0.25) is 0 Å². The van der Waals surface area contributed by atoms with Gasteiger partial charge in [-0.1, -0.05) is 34.1 Å². The number of phenolic OH excluding ortho intramolecular Hbond substituents is 1. The van der Waals surface area contributed by atoms with Gasteiger partial charge in [-0.2, -0.15) is 0 Å². The standard InChI is InChI=1S/C20H28O4/c1-11(2)12-8-13-14(9-15(12)22)20(4)7-5-6-19(3,10-21)18(20)17(24)16(13)23/h8-9,11,17-18,21-22,24H,5-7,10H2,1-4H3/t17-,18?,19-,20+/m0/s1. The van der Waals surface area contributed by atoms with Crippen LogP contribution in [0.15, 0.2) is 12.1 Å². The summed E-state index contributed by atoms with van der Waals surface area (Å²) in [6.45, 7) is 7.91. The normalized spacial score (nSPS) is 35.7. The van der Waals surface area contributed by atoms with E-state index in [1.807, 2.05) is 20.8 Å². The van der Waals surface area contributed by atoms with Crippen molar-refractivity contribution in [3.05, 3.63) is 28.8 Å². The van der Waals surface area contributed by atoms with Crippen LogP contribution in [0.5, 0.6) is 5.75 Å². The van der Waals surface area contributed by atoms with Crippen molar-refractivity contribution in [3.8, 4) is 5.75 Å². The first-order valence-electron chi connectivity index (χ1n) is 8.86. The molecule has 0 radical (unpaired) electrons. The zero-order valence-corrected chi connectivity index (χ0v) is 15.0. The summed E-state index contributed by atoms with van der Waals surface area (Å²) in [4.78, 5) is 12.9. The molecule has 0 saturated heterocycles. The van der Waals surface area contributed by atoms with Crippen molar-refractivity contribution in [2.24, 2.45) is 11.3 Å². The predicted molar refractivity (Wildman–Crippen MR) is 92.4 cm³/mol. The topological polar surface area (TPSA) is 77.8 Å². The molecule has 4 heteroatoms. The number of rotatable bonds is 2. The lowest BCUT2D eigenvalue weighted by Gasteiger charge is -2.56. The summed E-state index contributed by atoms with van der Waals surface area (Å²) in [5.41, 5.74) is 1.17. The lowest BCUT2D eigenvalue weighted by molar-refractivity contribution is -0.0705. The van der Waals surface area contributed by atoms with Gasteiger partial charge < -0.3 is 15.3 Å². The van der Waals surface area contributed by atoms with Crippen LogP contribution in [-0.2, 0) is 5.41 Å². The van der Waals surface area contributed by atoms with E-state index in [1.165, 1.54) is 0 Å². The molecule has 3 N–H and O–H groups in total. The van der Waals surface area contributed by atoms with Crippen LogP contribution in [0, 0.1) is 11.3 Å². The van der Waals surface area contributed by atoms with Crippen LogP contribution in [0.3, 0.4) is 0 Å². The molecule has 2 aliphatic rings. The number of fused-ring (bicyclic) bond motifs is 3. The van der Waals surface area contributed by atoms with E-state index in [9.17, 15) is 20.1 Å². The third-order valence-electron chi connectivity index (χ3n) is 6.50. The molecule has 4 atom stereocenters. The van der Waals surface area contributed by atoms with E-state index in [0.29, 0.717) is 5.56 Å². The number of Topliss-reactive ketones (excluding diaryl/α,β-unsaturated/α-hetero) is 1. The maximum Gasteiger partial charge on any atom is 0.191 e. The Bertz CT molecular complexity index is 680. The monoisotopic (exact) mass is 332 g/mol. The Morgan fingerprint density at radius 1 is 1.25 bits per heavy atom. The van der Waals surface area contributed by atoms with Crippen molar-refractivity contribution in [1.29, 1.82) is 0 Å². The summed E-state index contributed by atoms with van der Waals surface area (Å²) in [5.74, 6) is -0.312. The maximum atomic E-state index is 12.9. The predicted octanol–water partition coefficient (Wildman–Crippen LogP) is 3.13. The molecule has 4 nitrogen and oxygen atoms in total. The van der Waals surface area contributed by atoms with Crippen LogP contribution in [-0.4, -0.2) is 33.8 Å². The lowest BCUT2D eigenvalue weighted by atomic mass is 9.49. The van der Waals surface area contributed by atoms with E-state index >= 15 is 0 Å². The first kappa shape index (κ1) is 17.4. The molecule has 1 aromatic carbocycles. The quantitative estimate of drug-likeness (QED) is 0.777. The number of benzene rings is 1. The van der Waals surface area contributed by atoms with Crippen molar-refractivity contribution < 1.29 is 20.1 Å². The fraction of sp³-hybridized carbons (Fsp3) is 0.650. The molecule has 0 amide bonds. The van der Waals surface area contributed by atoms with E-state index in [-0.39, 0.29) is 30.0 Å². The maximum absolute atomic E-state index is 12.9. The molecule has 24 heavy (non-hydrogen) atoms. The van der Waals surface area contributed by atoms with Crippen molar-refractivity contribution in [1.82, 2.24) is 0 Å². The zero-order valence-electron chi connectivity index (χ0n) is 15.0. The number of aliphatic hydroxyl groups excluding tert-OH is 2. The molecule has 1 saturated carbocycles. The third kappa shape index (κ3) is 2.23. The largest absolute Gasteiger partial charge is 0.508 e. The van der Waals surface area contributed by atoms with Crippen LogP contribution in [0.25, 0.3) is 0 Å². The molecule has 0 bridgehead atoms. The highest BCUT2D eigenvalue weighted by Crippen LogP contribution is 2.57. The number of phenols is 1. The molecular formula is C20H28O4. The van der Waals surface area contributed by atoms with Gasteiger partial charge in [0.25, 0.3) is 0 Å². The Hall–Kier alpha value is -1.39. The second kappa shape index (κ2) is 5.57. The minimum atomic E-state index is -1.11. The van der Waals surface area contributed by atoms with E-state index in [0.717, 1.165) is 30.4 Å². The highest BCUT2D eigenvalue weighted by atomic mass is 16.3. The molecule has 0 heterocycles. The zero-order chi connectivity index (χ0) is 17.9.